The van der Waals surface area contributed by atoms with Crippen molar-refractivity contribution in [3.05, 3.63) is 80.3 Å². The maximum atomic E-state index is 12.0. The number of halogens is 1. The Morgan fingerprint density at radius 1 is 1.22 bits per heavy atom. The topological polar surface area (TPSA) is 39.8 Å². The van der Waals surface area contributed by atoms with E-state index in [0.29, 0.717) is 5.92 Å². The molecule has 4 rings (SSSR count). The molecule has 0 fully saturated rings. The molecule has 3 aromatic rings. The molecule has 0 bridgehead atoms. The first-order valence-corrected chi connectivity index (χ1v) is 8.43. The van der Waals surface area contributed by atoms with Gasteiger partial charge in [0.2, 0.25) is 0 Å². The Labute approximate surface area is 142 Å². The minimum atomic E-state index is -0.0513. The lowest BCUT2D eigenvalue weighted by atomic mass is 9.97. The smallest absolute Gasteiger partial charge is 0.253 e. The second kappa shape index (κ2) is 5.49. The second-order valence-electron chi connectivity index (χ2n) is 5.92. The molecule has 23 heavy (non-hydrogen) atoms. The van der Waals surface area contributed by atoms with Crippen LogP contribution in [0, 0.1) is 0 Å². The average Bonchev–Trinajstić information content (AvgIpc) is 3.12. The fourth-order valence-corrected chi connectivity index (χ4v) is 3.68. The Hall–Kier alpha value is -2.14. The molecule has 1 aromatic carbocycles. The lowest BCUT2D eigenvalue weighted by Crippen LogP contribution is -2.20. The molecule has 1 unspecified atom stereocenters. The summed E-state index contributed by atoms with van der Waals surface area (Å²) < 4.78 is 4.21. The van der Waals surface area contributed by atoms with E-state index in [4.69, 9.17) is 5.10 Å². The number of pyridine rings is 1. The molecule has 2 aromatic heterocycles. The van der Waals surface area contributed by atoms with Gasteiger partial charge < -0.3 is 0 Å². The lowest BCUT2D eigenvalue weighted by Gasteiger charge is -2.11. The van der Waals surface area contributed by atoms with Gasteiger partial charge in [-0.3, -0.25) is 9.36 Å². The van der Waals surface area contributed by atoms with Gasteiger partial charge in [0.05, 0.1) is 5.69 Å². The molecular weight excluding hydrogens is 354 g/mol. The van der Waals surface area contributed by atoms with E-state index >= 15 is 0 Å². The number of aromatic nitrogens is 3. The zero-order valence-corrected chi connectivity index (χ0v) is 14.3. The molecule has 5 heteroatoms. The summed E-state index contributed by atoms with van der Waals surface area (Å²) in [5, 5.41) is 4.80. The summed E-state index contributed by atoms with van der Waals surface area (Å²) in [6.07, 6.45) is 4.18. The Morgan fingerprint density at radius 3 is 2.78 bits per heavy atom. The molecular formula is C18H16BrN3O. The molecule has 4 nitrogen and oxygen atoms in total. The summed E-state index contributed by atoms with van der Waals surface area (Å²) in [7, 11) is 1.77. The molecule has 1 aliphatic carbocycles. The van der Waals surface area contributed by atoms with Crippen molar-refractivity contribution in [3.63, 3.8) is 0 Å². The van der Waals surface area contributed by atoms with Crippen LogP contribution in [0.5, 0.6) is 0 Å². The van der Waals surface area contributed by atoms with Gasteiger partial charge in [0.1, 0.15) is 5.82 Å². The number of hydrogen-bond acceptors (Lipinski definition) is 2. The molecule has 1 atom stereocenters. The van der Waals surface area contributed by atoms with Gasteiger partial charge in [0, 0.05) is 29.7 Å². The predicted molar refractivity (Wildman–Crippen MR) is 93.1 cm³/mol. The largest absolute Gasteiger partial charge is 0.296 e. The normalized spacial score (nSPS) is 16.5. The Bertz CT molecular complexity index is 927. The third-order valence-electron chi connectivity index (χ3n) is 4.49. The van der Waals surface area contributed by atoms with Crippen LogP contribution in [0.3, 0.4) is 0 Å². The van der Waals surface area contributed by atoms with E-state index in [9.17, 15) is 4.79 Å². The van der Waals surface area contributed by atoms with Crippen molar-refractivity contribution in [3.8, 4) is 5.82 Å². The summed E-state index contributed by atoms with van der Waals surface area (Å²) in [5.74, 6) is 1.11. The standard InChI is InChI=1S/C18H16BrN3O/c1-21-16(9-14(19)10-17(21)23)22-11-13-7-8-15(18(13)20-22)12-5-3-2-4-6-12/h2-6,9-11,15H,7-8H2,1H3. The Morgan fingerprint density at radius 2 is 2.00 bits per heavy atom. The highest BCUT2D eigenvalue weighted by atomic mass is 79.9. The van der Waals surface area contributed by atoms with Crippen molar-refractivity contribution < 1.29 is 0 Å². The number of rotatable bonds is 2. The van der Waals surface area contributed by atoms with Gasteiger partial charge in [-0.2, -0.15) is 5.10 Å². The van der Waals surface area contributed by atoms with Crippen LogP contribution >= 0.6 is 15.9 Å². The van der Waals surface area contributed by atoms with Crippen molar-refractivity contribution in [2.75, 3.05) is 0 Å². The van der Waals surface area contributed by atoms with Gasteiger partial charge in [-0.05, 0) is 30.0 Å². The predicted octanol–water partition coefficient (Wildman–Crippen LogP) is 3.41. The van der Waals surface area contributed by atoms with Crippen LogP contribution in [0.1, 0.15) is 29.2 Å². The molecule has 0 N–H and O–H groups in total. The number of hydrogen-bond donors (Lipinski definition) is 0. The molecule has 0 amide bonds. The zero-order chi connectivity index (χ0) is 16.0. The second-order valence-corrected chi connectivity index (χ2v) is 6.83. The molecule has 2 heterocycles. The molecule has 1 aliphatic rings. The van der Waals surface area contributed by atoms with Gasteiger partial charge in [0.25, 0.3) is 5.56 Å². The highest BCUT2D eigenvalue weighted by Gasteiger charge is 2.28. The third kappa shape index (κ3) is 2.45. The molecule has 0 aliphatic heterocycles. The van der Waals surface area contributed by atoms with Crippen LogP contribution in [0.15, 0.2) is 57.9 Å². The van der Waals surface area contributed by atoms with E-state index in [1.807, 2.05) is 16.8 Å². The first kappa shape index (κ1) is 14.5. The highest BCUT2D eigenvalue weighted by Crippen LogP contribution is 2.37. The van der Waals surface area contributed by atoms with E-state index in [-0.39, 0.29) is 5.56 Å². The van der Waals surface area contributed by atoms with Gasteiger partial charge in [-0.15, -0.1) is 0 Å². The molecule has 0 radical (unpaired) electrons. The first-order chi connectivity index (χ1) is 11.1. The van der Waals surface area contributed by atoms with E-state index in [1.165, 1.54) is 11.1 Å². The Balaban J connectivity index is 1.80. The quantitative estimate of drug-likeness (QED) is 0.694. The summed E-state index contributed by atoms with van der Waals surface area (Å²) in [4.78, 5) is 12.0. The maximum Gasteiger partial charge on any atom is 0.253 e. The van der Waals surface area contributed by atoms with E-state index in [1.54, 1.807) is 17.7 Å². The summed E-state index contributed by atoms with van der Waals surface area (Å²) in [5.41, 5.74) is 3.65. The van der Waals surface area contributed by atoms with E-state index in [0.717, 1.165) is 28.8 Å². The van der Waals surface area contributed by atoms with Crippen molar-refractivity contribution >= 4 is 15.9 Å². The minimum absolute atomic E-state index is 0.0513. The number of aryl methyl sites for hydroxylation is 1. The van der Waals surface area contributed by atoms with Crippen LogP contribution in [0.25, 0.3) is 5.82 Å². The first-order valence-electron chi connectivity index (χ1n) is 7.64. The minimum Gasteiger partial charge on any atom is -0.296 e. The summed E-state index contributed by atoms with van der Waals surface area (Å²) in [6, 6.07) is 14.0. The van der Waals surface area contributed by atoms with Crippen molar-refractivity contribution in [1.82, 2.24) is 14.3 Å². The Kier molecular flexibility index (Phi) is 3.45. The van der Waals surface area contributed by atoms with Crippen molar-refractivity contribution in [2.45, 2.75) is 18.8 Å². The van der Waals surface area contributed by atoms with Gasteiger partial charge >= 0.3 is 0 Å². The molecule has 116 valence electrons. The fraction of sp³-hybridized carbons (Fsp3) is 0.222. The number of benzene rings is 1. The highest BCUT2D eigenvalue weighted by molar-refractivity contribution is 9.10. The maximum absolute atomic E-state index is 12.0. The SMILES string of the molecule is Cn1c(-n2cc3c(n2)C(c2ccccc2)CC3)cc(Br)cc1=O. The van der Waals surface area contributed by atoms with Crippen LogP contribution in [0.2, 0.25) is 0 Å². The molecule has 0 saturated carbocycles. The molecule has 0 saturated heterocycles. The summed E-state index contributed by atoms with van der Waals surface area (Å²) >= 11 is 3.39. The van der Waals surface area contributed by atoms with Crippen molar-refractivity contribution in [2.24, 2.45) is 7.05 Å². The van der Waals surface area contributed by atoms with Crippen LogP contribution in [0.4, 0.5) is 0 Å². The van der Waals surface area contributed by atoms with E-state index in [2.05, 4.69) is 46.4 Å². The average molecular weight is 370 g/mol. The zero-order valence-electron chi connectivity index (χ0n) is 12.7. The van der Waals surface area contributed by atoms with Crippen LogP contribution in [-0.4, -0.2) is 14.3 Å². The third-order valence-corrected chi connectivity index (χ3v) is 4.95. The van der Waals surface area contributed by atoms with Gasteiger partial charge in [0.15, 0.2) is 0 Å². The summed E-state index contributed by atoms with van der Waals surface area (Å²) in [6.45, 7) is 0. The van der Waals surface area contributed by atoms with E-state index < -0.39 is 0 Å². The van der Waals surface area contributed by atoms with Crippen molar-refractivity contribution in [1.29, 1.82) is 0 Å². The van der Waals surface area contributed by atoms with Gasteiger partial charge in [-0.1, -0.05) is 46.3 Å². The molecule has 0 spiro atoms. The van der Waals surface area contributed by atoms with Gasteiger partial charge in [-0.25, -0.2) is 4.68 Å². The monoisotopic (exact) mass is 369 g/mol. The van der Waals surface area contributed by atoms with Crippen LogP contribution in [-0.2, 0) is 13.5 Å². The number of nitrogens with zero attached hydrogens (tertiary/aromatic N) is 3. The van der Waals surface area contributed by atoms with Crippen LogP contribution < -0.4 is 5.56 Å². The fourth-order valence-electron chi connectivity index (χ4n) is 3.28. The lowest BCUT2D eigenvalue weighted by molar-refractivity contribution is 0.691. The number of fused-ring (bicyclic) bond motifs is 1.